The van der Waals surface area contributed by atoms with Crippen LogP contribution in [0.4, 0.5) is 0 Å². The molecule has 0 aliphatic heterocycles. The number of esters is 1. The Hall–Kier alpha value is -1.59. The summed E-state index contributed by atoms with van der Waals surface area (Å²) < 4.78 is 4.39. The van der Waals surface area contributed by atoms with Crippen LogP contribution in [0.5, 0.6) is 0 Å². The fourth-order valence-electron chi connectivity index (χ4n) is 0.454. The lowest BCUT2D eigenvalue weighted by molar-refractivity contribution is -0.138. The van der Waals surface area contributed by atoms with Gasteiger partial charge in [-0.2, -0.15) is 0 Å². The molecule has 0 atom stereocenters. The Balaban J connectivity index is 4.41. The summed E-state index contributed by atoms with van der Waals surface area (Å²) in [5.74, 6) is -2.48. The minimum atomic E-state index is -1.48. The first-order valence-corrected chi connectivity index (χ1v) is 3.15. The molecule has 0 rings (SSSR count). The molecule has 12 heavy (non-hydrogen) atoms. The highest BCUT2D eigenvalue weighted by Gasteiger charge is 2.21. The van der Waals surface area contributed by atoms with Gasteiger partial charge in [0.05, 0.1) is 6.61 Å². The number of carboxylic acid groups (broad SMARTS) is 1. The summed E-state index contributed by atoms with van der Waals surface area (Å²) in [7, 11) is 1.14. The number of aliphatic carboxylic acids is 1. The first kappa shape index (κ1) is 10.4. The normalized spacial score (nSPS) is 10.7. The lowest BCUT2D eigenvalue weighted by Gasteiger charge is -1.99. The van der Waals surface area contributed by atoms with E-state index in [1.807, 2.05) is 0 Å². The summed E-state index contributed by atoms with van der Waals surface area (Å²) in [4.78, 5) is 25.2. The molecular weight excluding hydrogens is 166 g/mol. The first-order chi connectivity index (χ1) is 5.63. The Bertz CT molecular complexity index is 210. The molecule has 0 saturated heterocycles. The highest BCUT2D eigenvalue weighted by atomic mass is 16.6. The maximum atomic E-state index is 10.8. The third-order valence-electron chi connectivity index (χ3n) is 0.854. The zero-order chi connectivity index (χ0) is 9.56. The van der Waals surface area contributed by atoms with E-state index in [1.54, 1.807) is 6.92 Å². The lowest BCUT2D eigenvalue weighted by atomic mass is 10.4. The molecule has 68 valence electrons. The number of rotatable bonds is 4. The van der Waals surface area contributed by atoms with Crippen molar-refractivity contribution in [3.63, 3.8) is 0 Å². The van der Waals surface area contributed by atoms with Gasteiger partial charge in [0.1, 0.15) is 7.11 Å². The Morgan fingerprint density at radius 3 is 2.42 bits per heavy atom. The summed E-state index contributed by atoms with van der Waals surface area (Å²) in [6, 6.07) is 0. The van der Waals surface area contributed by atoms with E-state index in [9.17, 15) is 9.59 Å². The van der Waals surface area contributed by atoms with Gasteiger partial charge < -0.3 is 14.7 Å². The van der Waals surface area contributed by atoms with E-state index >= 15 is 0 Å². The molecule has 0 aromatic carbocycles. The van der Waals surface area contributed by atoms with Gasteiger partial charge in [0.25, 0.3) is 5.71 Å². The summed E-state index contributed by atoms with van der Waals surface area (Å²) >= 11 is 0. The minimum Gasteiger partial charge on any atom is -0.476 e. The van der Waals surface area contributed by atoms with Crippen molar-refractivity contribution in [2.45, 2.75) is 6.92 Å². The zero-order valence-electron chi connectivity index (χ0n) is 6.73. The molecule has 0 radical (unpaired) electrons. The van der Waals surface area contributed by atoms with Gasteiger partial charge in [-0.25, -0.2) is 9.59 Å². The molecule has 0 bridgehead atoms. The van der Waals surface area contributed by atoms with Crippen LogP contribution in [0.1, 0.15) is 6.92 Å². The number of oxime groups is 1. The van der Waals surface area contributed by atoms with Crippen LogP contribution in [0, 0.1) is 0 Å². The van der Waals surface area contributed by atoms with Gasteiger partial charge in [-0.3, -0.25) is 0 Å². The van der Waals surface area contributed by atoms with E-state index in [0.29, 0.717) is 0 Å². The third-order valence-corrected chi connectivity index (χ3v) is 0.854. The second-order valence-electron chi connectivity index (χ2n) is 1.65. The van der Waals surface area contributed by atoms with Crippen molar-refractivity contribution < 1.29 is 24.3 Å². The Labute approximate surface area is 68.8 Å². The number of carbonyl (C=O) groups is 2. The molecule has 0 aromatic heterocycles. The second kappa shape index (κ2) is 5.11. The molecule has 1 N–H and O–H groups in total. The Kier molecular flexibility index (Phi) is 4.43. The lowest BCUT2D eigenvalue weighted by Crippen LogP contribution is -2.26. The molecular formula is C6H9NO5. The van der Waals surface area contributed by atoms with E-state index < -0.39 is 17.7 Å². The van der Waals surface area contributed by atoms with Gasteiger partial charge in [0, 0.05) is 0 Å². The molecule has 0 saturated carbocycles. The highest BCUT2D eigenvalue weighted by Crippen LogP contribution is 1.86. The average molecular weight is 175 g/mol. The van der Waals surface area contributed by atoms with Crippen molar-refractivity contribution in [1.82, 2.24) is 0 Å². The smallest absolute Gasteiger partial charge is 0.368 e. The summed E-state index contributed by atoms with van der Waals surface area (Å²) in [5, 5.41) is 11.4. The van der Waals surface area contributed by atoms with Crippen LogP contribution in [0.2, 0.25) is 0 Å². The minimum absolute atomic E-state index is 0.0921. The molecule has 0 aliphatic rings. The molecule has 0 unspecified atom stereocenters. The fourth-order valence-corrected chi connectivity index (χ4v) is 0.454. The molecule has 0 aromatic rings. The van der Waals surface area contributed by atoms with Gasteiger partial charge in [-0.15, -0.1) is 0 Å². The fraction of sp³-hybridized carbons (Fsp3) is 0.500. The van der Waals surface area contributed by atoms with E-state index in [1.165, 1.54) is 0 Å². The number of hydrogen-bond acceptors (Lipinski definition) is 5. The van der Waals surface area contributed by atoms with Crippen molar-refractivity contribution >= 4 is 17.7 Å². The summed E-state index contributed by atoms with van der Waals surface area (Å²) in [5.41, 5.74) is -0.764. The van der Waals surface area contributed by atoms with E-state index in [-0.39, 0.29) is 6.61 Å². The van der Waals surface area contributed by atoms with Crippen LogP contribution in [-0.2, 0) is 19.2 Å². The van der Waals surface area contributed by atoms with Crippen molar-refractivity contribution in [2.75, 3.05) is 13.7 Å². The Morgan fingerprint density at radius 1 is 1.50 bits per heavy atom. The predicted octanol–water partition coefficient (Wildman–Crippen LogP) is -0.364. The number of carboxylic acids is 1. The molecule has 0 aliphatic carbocycles. The van der Waals surface area contributed by atoms with E-state index in [0.717, 1.165) is 7.11 Å². The molecule has 0 amide bonds. The second-order valence-corrected chi connectivity index (χ2v) is 1.65. The predicted molar refractivity (Wildman–Crippen MR) is 38.7 cm³/mol. The molecule has 0 heterocycles. The highest BCUT2D eigenvalue weighted by molar-refractivity contribution is 6.62. The average Bonchev–Trinajstić information content (AvgIpc) is 1.99. The molecule has 6 heteroatoms. The zero-order valence-corrected chi connectivity index (χ0v) is 6.73. The monoisotopic (exact) mass is 175 g/mol. The standard InChI is InChI=1S/C6H9NO5/c1-3-12-6(10)4(5(8)9)7-11-2/h3H2,1-2H3,(H,8,9). The van der Waals surface area contributed by atoms with Gasteiger partial charge in [0.2, 0.25) is 0 Å². The van der Waals surface area contributed by atoms with Crippen molar-refractivity contribution in [3.8, 4) is 0 Å². The molecule has 0 fully saturated rings. The number of nitrogens with zero attached hydrogens (tertiary/aromatic N) is 1. The largest absolute Gasteiger partial charge is 0.476 e. The van der Waals surface area contributed by atoms with Crippen LogP contribution in [0.3, 0.4) is 0 Å². The van der Waals surface area contributed by atoms with Crippen molar-refractivity contribution in [3.05, 3.63) is 0 Å². The maximum Gasteiger partial charge on any atom is 0.368 e. The van der Waals surface area contributed by atoms with Crippen LogP contribution >= 0.6 is 0 Å². The third kappa shape index (κ3) is 3.00. The van der Waals surface area contributed by atoms with Gasteiger partial charge in [-0.05, 0) is 6.92 Å². The van der Waals surface area contributed by atoms with Crippen LogP contribution in [0.25, 0.3) is 0 Å². The summed E-state index contributed by atoms with van der Waals surface area (Å²) in [6.45, 7) is 1.65. The van der Waals surface area contributed by atoms with Gasteiger partial charge in [-0.1, -0.05) is 5.16 Å². The Morgan fingerprint density at radius 2 is 2.08 bits per heavy atom. The number of hydrogen-bond donors (Lipinski definition) is 1. The number of ether oxygens (including phenoxy) is 1. The maximum absolute atomic E-state index is 10.8. The van der Waals surface area contributed by atoms with E-state index in [4.69, 9.17) is 5.11 Å². The SMILES string of the molecule is CCOC(=O)C(=NOC)C(=O)O. The van der Waals surface area contributed by atoms with Crippen molar-refractivity contribution in [2.24, 2.45) is 5.16 Å². The van der Waals surface area contributed by atoms with Gasteiger partial charge >= 0.3 is 11.9 Å². The van der Waals surface area contributed by atoms with Crippen LogP contribution in [-0.4, -0.2) is 36.5 Å². The first-order valence-electron chi connectivity index (χ1n) is 3.15. The van der Waals surface area contributed by atoms with Gasteiger partial charge in [0.15, 0.2) is 0 Å². The summed E-state index contributed by atoms with van der Waals surface area (Å²) in [6.07, 6.45) is 0. The number of carbonyl (C=O) groups excluding carboxylic acids is 1. The quantitative estimate of drug-likeness (QED) is 0.273. The van der Waals surface area contributed by atoms with Crippen molar-refractivity contribution in [1.29, 1.82) is 0 Å². The molecule has 0 spiro atoms. The molecule has 6 nitrogen and oxygen atoms in total. The van der Waals surface area contributed by atoms with E-state index in [2.05, 4.69) is 14.7 Å². The van der Waals surface area contributed by atoms with Crippen LogP contribution < -0.4 is 0 Å². The topological polar surface area (TPSA) is 85.2 Å². The van der Waals surface area contributed by atoms with Crippen LogP contribution in [0.15, 0.2) is 5.16 Å².